The first-order valence-corrected chi connectivity index (χ1v) is 7.88. The molecule has 128 valence electrons. The van der Waals surface area contributed by atoms with Crippen LogP contribution in [0.25, 0.3) is 0 Å². The number of nitrogens with one attached hydrogen (secondary N) is 1. The quantitative estimate of drug-likeness (QED) is 0.362. The van der Waals surface area contributed by atoms with Gasteiger partial charge in [0.2, 0.25) is 6.08 Å². The molecule has 1 N–H and O–H groups in total. The van der Waals surface area contributed by atoms with E-state index in [0.717, 1.165) is 29.7 Å². The SMILES string of the molecule is CC/C(C)=N\OC(=O)Nc1ccc(Cc2ccc(N=C=O)cc2)cc1. The summed E-state index contributed by atoms with van der Waals surface area (Å²) in [6, 6.07) is 14.8. The Bertz CT molecular complexity index is 790. The minimum atomic E-state index is -0.619. The van der Waals surface area contributed by atoms with Crippen molar-refractivity contribution < 1.29 is 14.4 Å². The van der Waals surface area contributed by atoms with E-state index in [0.29, 0.717) is 11.4 Å². The third-order valence-corrected chi connectivity index (χ3v) is 3.52. The summed E-state index contributed by atoms with van der Waals surface area (Å²) >= 11 is 0. The number of aliphatic imine (C=N–C) groups is 1. The molecule has 0 bridgehead atoms. The van der Waals surface area contributed by atoms with Crippen molar-refractivity contribution in [3.63, 3.8) is 0 Å². The van der Waals surface area contributed by atoms with Crippen LogP contribution in [0.2, 0.25) is 0 Å². The predicted molar refractivity (Wildman–Crippen MR) is 97.0 cm³/mol. The predicted octanol–water partition coefficient (Wildman–Crippen LogP) is 4.58. The molecule has 2 rings (SSSR count). The smallest absolute Gasteiger partial charge is 0.298 e. The number of oxime groups is 1. The molecule has 0 radical (unpaired) electrons. The Hall–Kier alpha value is -3.24. The van der Waals surface area contributed by atoms with Gasteiger partial charge in [0.05, 0.1) is 11.4 Å². The first kappa shape index (κ1) is 18.1. The number of hydrogen-bond acceptors (Lipinski definition) is 5. The van der Waals surface area contributed by atoms with Crippen molar-refractivity contribution in [3.05, 3.63) is 59.7 Å². The number of anilines is 1. The normalized spacial score (nSPS) is 10.7. The van der Waals surface area contributed by atoms with Crippen LogP contribution in [-0.4, -0.2) is 17.9 Å². The zero-order chi connectivity index (χ0) is 18.1. The molecular weight excluding hydrogens is 318 g/mol. The lowest BCUT2D eigenvalue weighted by Gasteiger charge is -2.06. The van der Waals surface area contributed by atoms with Crippen molar-refractivity contribution in [2.75, 3.05) is 5.32 Å². The highest BCUT2D eigenvalue weighted by Crippen LogP contribution is 2.17. The number of benzene rings is 2. The van der Waals surface area contributed by atoms with Crippen LogP contribution in [0.1, 0.15) is 31.4 Å². The molecule has 2 aromatic rings. The molecule has 0 aliphatic rings. The van der Waals surface area contributed by atoms with Gasteiger partial charge in [0.15, 0.2) is 0 Å². The fourth-order valence-electron chi connectivity index (χ4n) is 2.01. The molecule has 0 saturated heterocycles. The standard InChI is InChI=1S/C19H19N3O3/c1-3-14(2)22-25-19(24)21-18-10-6-16(7-11-18)12-15-4-8-17(9-5-15)20-13-23/h4-11H,3,12H2,1-2H3,(H,21,24)/b22-14-. The molecule has 0 saturated carbocycles. The Kier molecular flexibility index (Phi) is 6.63. The van der Waals surface area contributed by atoms with Crippen LogP contribution in [0.5, 0.6) is 0 Å². The topological polar surface area (TPSA) is 80.1 Å². The molecule has 0 heterocycles. The molecule has 0 atom stereocenters. The van der Waals surface area contributed by atoms with Gasteiger partial charge in [0.25, 0.3) is 0 Å². The van der Waals surface area contributed by atoms with Crippen LogP contribution < -0.4 is 5.32 Å². The molecule has 0 spiro atoms. The highest BCUT2D eigenvalue weighted by Gasteiger charge is 2.04. The van der Waals surface area contributed by atoms with Crippen LogP contribution in [-0.2, 0) is 16.1 Å². The van der Waals surface area contributed by atoms with Crippen molar-refractivity contribution in [2.45, 2.75) is 26.7 Å². The fourth-order valence-corrected chi connectivity index (χ4v) is 2.01. The van der Waals surface area contributed by atoms with Crippen LogP contribution in [0.3, 0.4) is 0 Å². The van der Waals surface area contributed by atoms with E-state index in [9.17, 15) is 9.59 Å². The molecule has 0 aromatic heterocycles. The van der Waals surface area contributed by atoms with E-state index in [1.807, 2.05) is 31.2 Å². The number of carbonyl (C=O) groups is 1. The molecule has 25 heavy (non-hydrogen) atoms. The van der Waals surface area contributed by atoms with Gasteiger partial charge in [-0.2, -0.15) is 4.99 Å². The number of carbonyl (C=O) groups excluding carboxylic acids is 2. The van der Waals surface area contributed by atoms with Crippen LogP contribution in [0, 0.1) is 0 Å². The minimum absolute atomic E-state index is 0.581. The molecule has 1 amide bonds. The lowest BCUT2D eigenvalue weighted by atomic mass is 10.0. The second-order valence-corrected chi connectivity index (χ2v) is 5.43. The highest BCUT2D eigenvalue weighted by molar-refractivity contribution is 5.86. The van der Waals surface area contributed by atoms with Gasteiger partial charge >= 0.3 is 6.09 Å². The third-order valence-electron chi connectivity index (χ3n) is 3.52. The first-order valence-electron chi connectivity index (χ1n) is 7.88. The van der Waals surface area contributed by atoms with Crippen LogP contribution in [0.4, 0.5) is 16.2 Å². The van der Waals surface area contributed by atoms with E-state index in [1.165, 1.54) is 6.08 Å². The van der Waals surface area contributed by atoms with Gasteiger partial charge in [-0.3, -0.25) is 10.2 Å². The van der Waals surface area contributed by atoms with Gasteiger partial charge in [-0.25, -0.2) is 9.59 Å². The zero-order valence-electron chi connectivity index (χ0n) is 14.2. The molecule has 0 fully saturated rings. The zero-order valence-corrected chi connectivity index (χ0v) is 14.2. The summed E-state index contributed by atoms with van der Waals surface area (Å²) < 4.78 is 0. The molecule has 6 nitrogen and oxygen atoms in total. The Morgan fingerprint density at radius 2 is 1.68 bits per heavy atom. The molecule has 0 aliphatic heterocycles. The Morgan fingerprint density at radius 1 is 1.08 bits per heavy atom. The summed E-state index contributed by atoms with van der Waals surface area (Å²) in [5, 5.41) is 6.32. The van der Waals surface area contributed by atoms with E-state index >= 15 is 0 Å². The van der Waals surface area contributed by atoms with Gasteiger partial charge in [0, 0.05) is 5.69 Å². The van der Waals surface area contributed by atoms with Gasteiger partial charge in [0.1, 0.15) is 0 Å². The van der Waals surface area contributed by atoms with Crippen LogP contribution >= 0.6 is 0 Å². The molecular formula is C19H19N3O3. The van der Waals surface area contributed by atoms with Crippen LogP contribution in [0.15, 0.2) is 58.7 Å². The number of hydrogen-bond donors (Lipinski definition) is 1. The molecule has 0 unspecified atom stereocenters. The highest BCUT2D eigenvalue weighted by atomic mass is 16.7. The third kappa shape index (κ3) is 6.05. The maximum absolute atomic E-state index is 11.6. The van der Waals surface area contributed by atoms with E-state index in [-0.39, 0.29) is 0 Å². The Morgan fingerprint density at radius 3 is 2.24 bits per heavy atom. The molecule has 0 aliphatic carbocycles. The van der Waals surface area contributed by atoms with Gasteiger partial charge < -0.3 is 0 Å². The van der Waals surface area contributed by atoms with Gasteiger partial charge in [-0.05, 0) is 55.2 Å². The Labute approximate surface area is 146 Å². The maximum atomic E-state index is 11.6. The summed E-state index contributed by atoms with van der Waals surface area (Å²) in [4.78, 5) is 30.1. The van der Waals surface area contributed by atoms with Gasteiger partial charge in [-0.15, -0.1) is 0 Å². The minimum Gasteiger partial charge on any atom is -0.298 e. The largest absolute Gasteiger partial charge is 0.437 e. The monoisotopic (exact) mass is 337 g/mol. The molecule has 6 heteroatoms. The number of nitrogens with zero attached hydrogens (tertiary/aromatic N) is 2. The van der Waals surface area contributed by atoms with Gasteiger partial charge in [-0.1, -0.05) is 36.3 Å². The van der Waals surface area contributed by atoms with Crippen molar-refractivity contribution in [1.82, 2.24) is 0 Å². The first-order chi connectivity index (χ1) is 12.1. The van der Waals surface area contributed by atoms with E-state index in [2.05, 4.69) is 15.5 Å². The summed E-state index contributed by atoms with van der Waals surface area (Å²) in [5.74, 6) is 0. The van der Waals surface area contributed by atoms with Crippen molar-refractivity contribution in [2.24, 2.45) is 10.1 Å². The maximum Gasteiger partial charge on any atom is 0.437 e. The number of amides is 1. The lowest BCUT2D eigenvalue weighted by Crippen LogP contribution is -2.11. The van der Waals surface area contributed by atoms with E-state index < -0.39 is 6.09 Å². The summed E-state index contributed by atoms with van der Waals surface area (Å²) in [7, 11) is 0. The number of rotatable bonds is 6. The lowest BCUT2D eigenvalue weighted by molar-refractivity contribution is 0.166. The second-order valence-electron chi connectivity index (χ2n) is 5.43. The second kappa shape index (κ2) is 9.15. The Balaban J connectivity index is 1.93. The molecule has 2 aromatic carbocycles. The van der Waals surface area contributed by atoms with E-state index in [1.54, 1.807) is 31.2 Å². The average molecular weight is 337 g/mol. The van der Waals surface area contributed by atoms with Crippen molar-refractivity contribution in [1.29, 1.82) is 0 Å². The van der Waals surface area contributed by atoms with Crippen molar-refractivity contribution >= 4 is 29.3 Å². The fraction of sp³-hybridized carbons (Fsp3) is 0.211. The average Bonchev–Trinajstić information content (AvgIpc) is 2.63. The van der Waals surface area contributed by atoms with E-state index in [4.69, 9.17) is 4.84 Å². The summed E-state index contributed by atoms with van der Waals surface area (Å²) in [6.45, 7) is 3.72. The number of isocyanates is 1. The van der Waals surface area contributed by atoms with Crippen molar-refractivity contribution in [3.8, 4) is 0 Å². The summed E-state index contributed by atoms with van der Waals surface area (Å²) in [5.41, 5.74) is 4.14. The summed E-state index contributed by atoms with van der Waals surface area (Å²) in [6.07, 6.45) is 2.36.